The minimum Gasteiger partial charge on any atom is -0.310 e. The van der Waals surface area contributed by atoms with Crippen LogP contribution < -0.4 is 4.90 Å². The lowest BCUT2D eigenvalue weighted by Crippen LogP contribution is -2.16. The van der Waals surface area contributed by atoms with Crippen LogP contribution in [-0.2, 0) is 10.8 Å². The first-order valence-electron chi connectivity index (χ1n) is 19.0. The predicted octanol–water partition coefficient (Wildman–Crippen LogP) is 15.0. The summed E-state index contributed by atoms with van der Waals surface area (Å²) in [5, 5.41) is 5.31. The van der Waals surface area contributed by atoms with Crippen LogP contribution in [0, 0.1) is 0 Å². The molecule has 8 aromatic carbocycles. The van der Waals surface area contributed by atoms with Gasteiger partial charge in [0.15, 0.2) is 0 Å². The van der Waals surface area contributed by atoms with Crippen LogP contribution in [0.5, 0.6) is 0 Å². The van der Waals surface area contributed by atoms with Gasteiger partial charge in [0.05, 0.1) is 0 Å². The van der Waals surface area contributed by atoms with Gasteiger partial charge < -0.3 is 4.90 Å². The molecule has 1 aromatic heterocycles. The number of hydrogen-bond donors (Lipinski definition) is 0. The van der Waals surface area contributed by atoms with E-state index in [9.17, 15) is 0 Å². The van der Waals surface area contributed by atoms with Crippen LogP contribution in [0.4, 0.5) is 17.1 Å². The first-order valence-corrected chi connectivity index (χ1v) is 19.8. The lowest BCUT2D eigenvalue weighted by atomic mass is 9.82. The maximum Gasteiger partial charge on any atom is 0.0468 e. The van der Waals surface area contributed by atoms with Crippen molar-refractivity contribution >= 4 is 59.3 Å². The van der Waals surface area contributed by atoms with Gasteiger partial charge in [0.1, 0.15) is 0 Å². The normalized spacial score (nSPS) is 14.6. The van der Waals surface area contributed by atoms with Crippen molar-refractivity contribution in [2.75, 3.05) is 4.90 Å². The monoisotopic (exact) mass is 709 g/mol. The molecule has 0 unspecified atom stereocenters. The Morgan fingerprint density at radius 1 is 0.389 bits per heavy atom. The minimum atomic E-state index is -0.0397. The Morgan fingerprint density at radius 3 is 1.57 bits per heavy atom. The highest BCUT2D eigenvalue weighted by molar-refractivity contribution is 7.26. The zero-order chi connectivity index (χ0) is 36.3. The van der Waals surface area contributed by atoms with Crippen LogP contribution >= 0.6 is 11.3 Å². The van der Waals surface area contributed by atoms with Crippen LogP contribution in [0.3, 0.4) is 0 Å². The molecule has 0 saturated carbocycles. The lowest BCUT2D eigenvalue weighted by Gasteiger charge is -2.28. The minimum absolute atomic E-state index is 0.0397. The van der Waals surface area contributed by atoms with Crippen molar-refractivity contribution in [1.29, 1.82) is 0 Å². The van der Waals surface area contributed by atoms with Crippen molar-refractivity contribution in [3.8, 4) is 33.4 Å². The zero-order valence-electron chi connectivity index (χ0n) is 30.9. The van der Waals surface area contributed by atoms with Gasteiger partial charge in [0, 0.05) is 48.1 Å². The maximum absolute atomic E-state index is 2.45. The van der Waals surface area contributed by atoms with E-state index in [0.29, 0.717) is 0 Å². The van der Waals surface area contributed by atoms with Gasteiger partial charge in [-0.2, -0.15) is 0 Å². The molecule has 0 N–H and O–H groups in total. The molecule has 0 atom stereocenters. The number of rotatable bonds is 4. The fourth-order valence-electron chi connectivity index (χ4n) is 9.68. The van der Waals surface area contributed by atoms with Gasteiger partial charge in [0.2, 0.25) is 0 Å². The van der Waals surface area contributed by atoms with E-state index in [2.05, 4.69) is 196 Å². The molecule has 258 valence electrons. The molecule has 0 bridgehead atoms. The zero-order valence-corrected chi connectivity index (χ0v) is 31.8. The smallest absolute Gasteiger partial charge is 0.0468 e. The van der Waals surface area contributed by atoms with Crippen molar-refractivity contribution in [2.24, 2.45) is 0 Å². The molecule has 0 spiro atoms. The van der Waals surface area contributed by atoms with E-state index in [1.54, 1.807) is 0 Å². The highest BCUT2D eigenvalue weighted by Crippen LogP contribution is 2.53. The quantitative estimate of drug-likeness (QED) is 0.176. The molecule has 1 nitrogen and oxygen atoms in total. The fraction of sp³-hybridized carbons (Fsp3) is 0.115. The van der Waals surface area contributed by atoms with Crippen molar-refractivity contribution in [1.82, 2.24) is 0 Å². The van der Waals surface area contributed by atoms with E-state index in [4.69, 9.17) is 0 Å². The Bertz CT molecular complexity index is 2890. The molecule has 2 aliphatic carbocycles. The summed E-state index contributed by atoms with van der Waals surface area (Å²) in [5.41, 5.74) is 16.7. The van der Waals surface area contributed by atoms with Crippen LogP contribution in [0.2, 0.25) is 0 Å². The molecule has 0 aliphatic heterocycles. The molecule has 1 heterocycles. The predicted molar refractivity (Wildman–Crippen MR) is 232 cm³/mol. The van der Waals surface area contributed by atoms with E-state index < -0.39 is 0 Å². The Morgan fingerprint density at radius 2 is 0.926 bits per heavy atom. The average molecular weight is 710 g/mol. The molecule has 9 aromatic rings. The number of nitrogens with zero attached hydrogens (tertiary/aromatic N) is 1. The molecule has 0 saturated heterocycles. The molecule has 0 fully saturated rings. The van der Waals surface area contributed by atoms with Crippen LogP contribution in [0.15, 0.2) is 164 Å². The van der Waals surface area contributed by atoms with E-state index in [1.165, 1.54) is 86.6 Å². The third-order valence-electron chi connectivity index (χ3n) is 12.5. The summed E-state index contributed by atoms with van der Waals surface area (Å²) >= 11 is 1.88. The SMILES string of the molecule is CC1(C)c2ccccc2-c2cc(N(c3ccc(-c4ccc5c(ccc6sc7ccccc7c65)c4)cc3)c3ccc4c(c3)-c3ccccc3C4(C)C)ccc21. The van der Waals surface area contributed by atoms with Crippen molar-refractivity contribution in [2.45, 2.75) is 38.5 Å². The maximum atomic E-state index is 2.45. The van der Waals surface area contributed by atoms with E-state index in [1.807, 2.05) is 11.3 Å². The summed E-state index contributed by atoms with van der Waals surface area (Å²) in [7, 11) is 0. The lowest BCUT2D eigenvalue weighted by molar-refractivity contribution is 0.660. The van der Waals surface area contributed by atoms with Gasteiger partial charge in [-0.05, 0) is 121 Å². The molecule has 54 heavy (non-hydrogen) atoms. The largest absolute Gasteiger partial charge is 0.310 e. The topological polar surface area (TPSA) is 3.24 Å². The summed E-state index contributed by atoms with van der Waals surface area (Å²) in [6.45, 7) is 9.41. The molecule has 0 amide bonds. The summed E-state index contributed by atoms with van der Waals surface area (Å²) in [6, 6.07) is 61.5. The molecule has 2 aliphatic rings. The third-order valence-corrected chi connectivity index (χ3v) is 13.6. The Labute approximate surface area is 320 Å². The van der Waals surface area contributed by atoms with Crippen LogP contribution in [-0.4, -0.2) is 0 Å². The van der Waals surface area contributed by atoms with E-state index in [-0.39, 0.29) is 10.8 Å². The second-order valence-electron chi connectivity index (χ2n) is 16.2. The van der Waals surface area contributed by atoms with Gasteiger partial charge >= 0.3 is 0 Å². The Kier molecular flexibility index (Phi) is 6.59. The number of anilines is 3. The van der Waals surface area contributed by atoms with Crippen molar-refractivity contribution < 1.29 is 0 Å². The fourth-order valence-corrected chi connectivity index (χ4v) is 10.8. The van der Waals surface area contributed by atoms with Crippen LogP contribution in [0.25, 0.3) is 64.3 Å². The highest BCUT2D eigenvalue weighted by Gasteiger charge is 2.37. The second kappa shape index (κ2) is 11.3. The molecule has 11 rings (SSSR count). The van der Waals surface area contributed by atoms with Crippen molar-refractivity contribution in [3.63, 3.8) is 0 Å². The number of thiophene rings is 1. The van der Waals surface area contributed by atoms with Gasteiger partial charge in [-0.1, -0.05) is 137 Å². The summed E-state index contributed by atoms with van der Waals surface area (Å²) in [4.78, 5) is 2.45. The standard InChI is InChI=1S/C52H39NS/c1-51(2)44-14-8-5-11-39(44)42-30-36(23-26-46(42)51)53(37-24-27-47-43(31-37)40-12-6-9-15-45(40)52(47,3)4)35-21-17-32(18-22-35)33-19-25-38-34(29-33)20-28-49-50(38)41-13-7-10-16-48(41)54-49/h5-31H,1-4H3. The average Bonchev–Trinajstić information content (AvgIpc) is 3.78. The number of benzene rings is 8. The van der Waals surface area contributed by atoms with Crippen molar-refractivity contribution in [3.05, 3.63) is 186 Å². The van der Waals surface area contributed by atoms with E-state index in [0.717, 1.165) is 17.1 Å². The first kappa shape index (κ1) is 31.6. The summed E-state index contributed by atoms with van der Waals surface area (Å²) < 4.78 is 2.69. The van der Waals surface area contributed by atoms with Gasteiger partial charge in [-0.25, -0.2) is 0 Å². The van der Waals surface area contributed by atoms with Gasteiger partial charge in [-0.3, -0.25) is 0 Å². The molecular formula is C52H39NS. The summed E-state index contributed by atoms with van der Waals surface area (Å²) in [6.07, 6.45) is 0. The number of hydrogen-bond acceptors (Lipinski definition) is 2. The molecule has 0 radical (unpaired) electrons. The highest BCUT2D eigenvalue weighted by atomic mass is 32.1. The molecule has 2 heteroatoms. The Balaban J connectivity index is 1.05. The van der Waals surface area contributed by atoms with Crippen LogP contribution in [0.1, 0.15) is 49.9 Å². The molecular weight excluding hydrogens is 671 g/mol. The summed E-state index contributed by atoms with van der Waals surface area (Å²) in [5.74, 6) is 0. The van der Waals surface area contributed by atoms with E-state index >= 15 is 0 Å². The van der Waals surface area contributed by atoms with Gasteiger partial charge in [0.25, 0.3) is 0 Å². The second-order valence-corrected chi connectivity index (χ2v) is 17.2. The van der Waals surface area contributed by atoms with Gasteiger partial charge in [-0.15, -0.1) is 11.3 Å². The first-order chi connectivity index (χ1) is 26.3. The Hall–Kier alpha value is -5.96. The number of fused-ring (bicyclic) bond motifs is 11. The third kappa shape index (κ3) is 4.44.